The molecule has 1 N–H and O–H groups in total. The Kier molecular flexibility index (Phi) is 4.62. The molecule has 24 heavy (non-hydrogen) atoms. The van der Waals surface area contributed by atoms with Crippen molar-refractivity contribution in [3.05, 3.63) is 64.1 Å². The van der Waals surface area contributed by atoms with Crippen molar-refractivity contribution in [1.29, 1.82) is 0 Å². The van der Waals surface area contributed by atoms with Crippen LogP contribution in [0.25, 0.3) is 11.3 Å². The second-order valence-corrected chi connectivity index (χ2v) is 8.66. The molecule has 0 atom stereocenters. The highest BCUT2D eigenvalue weighted by Crippen LogP contribution is 2.34. The molecule has 2 aromatic carbocycles. The number of thiazole rings is 1. The molecule has 0 radical (unpaired) electrons. The predicted octanol–water partition coefficient (Wildman–Crippen LogP) is 4.88. The van der Waals surface area contributed by atoms with Crippen molar-refractivity contribution < 1.29 is 8.42 Å². The molecule has 4 nitrogen and oxygen atoms in total. The fourth-order valence-electron chi connectivity index (χ4n) is 2.20. The van der Waals surface area contributed by atoms with Crippen LogP contribution < -0.4 is 4.72 Å². The summed E-state index contributed by atoms with van der Waals surface area (Å²) in [6.45, 7) is 3.85. The van der Waals surface area contributed by atoms with Crippen molar-refractivity contribution in [1.82, 2.24) is 4.98 Å². The van der Waals surface area contributed by atoms with Crippen molar-refractivity contribution in [3.8, 4) is 11.3 Å². The molecule has 0 aliphatic heterocycles. The van der Waals surface area contributed by atoms with Gasteiger partial charge in [-0.15, -0.1) is 11.3 Å². The molecular weight excluding hydrogens is 364 g/mol. The van der Waals surface area contributed by atoms with E-state index in [1.165, 1.54) is 23.5 Å². The highest BCUT2D eigenvalue weighted by Gasteiger charge is 2.19. The zero-order chi connectivity index (χ0) is 17.3. The summed E-state index contributed by atoms with van der Waals surface area (Å²) in [6, 6.07) is 13.9. The van der Waals surface area contributed by atoms with Crippen LogP contribution in [0.4, 0.5) is 5.00 Å². The molecule has 0 aliphatic rings. The molecule has 0 unspecified atom stereocenters. The van der Waals surface area contributed by atoms with Crippen LogP contribution in [0.1, 0.15) is 10.6 Å². The van der Waals surface area contributed by atoms with E-state index >= 15 is 0 Å². The van der Waals surface area contributed by atoms with Gasteiger partial charge in [0, 0.05) is 10.6 Å². The zero-order valence-corrected chi connectivity index (χ0v) is 15.5. The lowest BCUT2D eigenvalue weighted by molar-refractivity contribution is 0.601. The molecule has 0 aliphatic carbocycles. The van der Waals surface area contributed by atoms with Gasteiger partial charge in [-0.3, -0.25) is 4.72 Å². The van der Waals surface area contributed by atoms with Crippen LogP contribution in [-0.4, -0.2) is 13.4 Å². The number of aryl methyl sites for hydroxylation is 2. The van der Waals surface area contributed by atoms with Gasteiger partial charge in [-0.2, -0.15) is 0 Å². The van der Waals surface area contributed by atoms with Gasteiger partial charge in [-0.1, -0.05) is 41.4 Å². The van der Waals surface area contributed by atoms with Crippen molar-refractivity contribution in [2.75, 3.05) is 4.72 Å². The van der Waals surface area contributed by atoms with Crippen molar-refractivity contribution >= 4 is 38.0 Å². The van der Waals surface area contributed by atoms with Crippen LogP contribution >= 0.6 is 22.9 Å². The van der Waals surface area contributed by atoms with Gasteiger partial charge in [0.2, 0.25) is 0 Å². The number of nitrogens with one attached hydrogen (secondary N) is 1. The molecule has 7 heteroatoms. The predicted molar refractivity (Wildman–Crippen MR) is 99.3 cm³/mol. The van der Waals surface area contributed by atoms with Crippen LogP contribution in [0.2, 0.25) is 5.02 Å². The largest absolute Gasteiger partial charge is 0.268 e. The summed E-state index contributed by atoms with van der Waals surface area (Å²) in [4.78, 5) is 4.63. The monoisotopic (exact) mass is 378 g/mol. The first-order valence-corrected chi connectivity index (χ1v) is 9.86. The van der Waals surface area contributed by atoms with Crippen LogP contribution in [0.15, 0.2) is 53.4 Å². The molecule has 3 rings (SSSR count). The molecule has 0 bridgehead atoms. The first kappa shape index (κ1) is 17.0. The number of hydrogen-bond acceptors (Lipinski definition) is 4. The number of nitrogens with zero attached hydrogens (tertiary/aromatic N) is 1. The SMILES string of the molecule is Cc1ccc(-c2nc(C)sc2NS(=O)(=O)c2ccc(Cl)cc2)cc1. The first-order chi connectivity index (χ1) is 11.3. The molecular formula is C17H15ClN2O2S2. The minimum atomic E-state index is -3.69. The molecule has 0 saturated carbocycles. The van der Waals surface area contributed by atoms with Crippen LogP contribution in [0.3, 0.4) is 0 Å². The Morgan fingerprint density at radius 2 is 1.62 bits per heavy atom. The highest BCUT2D eigenvalue weighted by molar-refractivity contribution is 7.93. The number of anilines is 1. The van der Waals surface area contributed by atoms with E-state index in [-0.39, 0.29) is 4.90 Å². The zero-order valence-electron chi connectivity index (χ0n) is 13.1. The molecule has 0 saturated heterocycles. The highest BCUT2D eigenvalue weighted by atomic mass is 35.5. The second-order valence-electron chi connectivity index (χ2n) is 5.34. The van der Waals surface area contributed by atoms with E-state index in [1.807, 2.05) is 38.1 Å². The van der Waals surface area contributed by atoms with Crippen LogP contribution in [0, 0.1) is 13.8 Å². The molecule has 0 fully saturated rings. The summed E-state index contributed by atoms with van der Waals surface area (Å²) < 4.78 is 27.8. The Balaban J connectivity index is 1.98. The van der Waals surface area contributed by atoms with Crippen molar-refractivity contribution in [2.24, 2.45) is 0 Å². The standard InChI is InChI=1S/C17H15ClN2O2S2/c1-11-3-5-13(6-4-11)16-17(23-12(2)19-16)20-24(21,22)15-9-7-14(18)8-10-15/h3-10,20H,1-2H3. The Labute approximate surface area is 150 Å². The molecule has 0 amide bonds. The third kappa shape index (κ3) is 3.61. The molecule has 1 aromatic heterocycles. The summed E-state index contributed by atoms with van der Waals surface area (Å²) in [5.41, 5.74) is 2.64. The van der Waals surface area contributed by atoms with E-state index < -0.39 is 10.0 Å². The number of rotatable bonds is 4. The quantitative estimate of drug-likeness (QED) is 0.703. The number of hydrogen-bond donors (Lipinski definition) is 1. The maximum absolute atomic E-state index is 12.6. The molecule has 0 spiro atoms. The lowest BCUT2D eigenvalue weighted by Crippen LogP contribution is -2.12. The van der Waals surface area contributed by atoms with Crippen molar-refractivity contribution in [2.45, 2.75) is 18.7 Å². The topological polar surface area (TPSA) is 59.1 Å². The van der Waals surface area contributed by atoms with Gasteiger partial charge in [0.15, 0.2) is 0 Å². The van der Waals surface area contributed by atoms with E-state index in [9.17, 15) is 8.42 Å². The summed E-state index contributed by atoms with van der Waals surface area (Å²) >= 11 is 7.13. The van der Waals surface area contributed by atoms with E-state index in [2.05, 4.69) is 9.71 Å². The van der Waals surface area contributed by atoms with Gasteiger partial charge < -0.3 is 0 Å². The summed E-state index contributed by atoms with van der Waals surface area (Å²) in [5.74, 6) is 0. The number of aromatic nitrogens is 1. The van der Waals surface area contributed by atoms with E-state index in [1.54, 1.807) is 12.1 Å². The Bertz CT molecular complexity index is 963. The fourth-order valence-corrected chi connectivity index (χ4v) is 4.47. The van der Waals surface area contributed by atoms with Gasteiger partial charge >= 0.3 is 0 Å². The van der Waals surface area contributed by atoms with Crippen molar-refractivity contribution in [3.63, 3.8) is 0 Å². The number of halogens is 1. The van der Waals surface area contributed by atoms with E-state index in [4.69, 9.17) is 11.6 Å². The average molecular weight is 379 g/mol. The van der Waals surface area contributed by atoms with Gasteiger partial charge in [0.1, 0.15) is 10.7 Å². The Hall–Kier alpha value is -1.89. The van der Waals surface area contributed by atoms with Gasteiger partial charge in [0.25, 0.3) is 10.0 Å². The van der Waals surface area contributed by atoms with E-state index in [0.29, 0.717) is 15.7 Å². The molecule has 124 valence electrons. The number of benzene rings is 2. The first-order valence-electron chi connectivity index (χ1n) is 7.18. The van der Waals surface area contributed by atoms with E-state index in [0.717, 1.165) is 16.1 Å². The molecule has 3 aromatic rings. The smallest absolute Gasteiger partial charge is 0.262 e. The van der Waals surface area contributed by atoms with Crippen LogP contribution in [0.5, 0.6) is 0 Å². The normalized spacial score (nSPS) is 11.5. The lowest BCUT2D eigenvalue weighted by atomic mass is 10.1. The lowest BCUT2D eigenvalue weighted by Gasteiger charge is -2.08. The summed E-state index contributed by atoms with van der Waals surface area (Å²) in [6.07, 6.45) is 0. The summed E-state index contributed by atoms with van der Waals surface area (Å²) in [7, 11) is -3.69. The Morgan fingerprint density at radius 1 is 1.00 bits per heavy atom. The third-order valence-corrected chi connectivity index (χ3v) is 6.04. The van der Waals surface area contributed by atoms with Gasteiger partial charge in [-0.05, 0) is 38.1 Å². The minimum absolute atomic E-state index is 0.160. The maximum Gasteiger partial charge on any atom is 0.262 e. The third-order valence-electron chi connectivity index (χ3n) is 3.41. The van der Waals surface area contributed by atoms with Gasteiger partial charge in [-0.25, -0.2) is 13.4 Å². The maximum atomic E-state index is 12.6. The number of sulfonamides is 1. The Morgan fingerprint density at radius 3 is 2.25 bits per heavy atom. The molecule has 1 heterocycles. The fraction of sp³-hybridized carbons (Fsp3) is 0.118. The summed E-state index contributed by atoms with van der Waals surface area (Å²) in [5, 5.41) is 1.79. The second kappa shape index (κ2) is 6.55. The van der Waals surface area contributed by atoms with Gasteiger partial charge in [0.05, 0.1) is 9.90 Å². The average Bonchev–Trinajstić information content (AvgIpc) is 2.88. The minimum Gasteiger partial charge on any atom is -0.268 e. The van der Waals surface area contributed by atoms with Crippen LogP contribution in [-0.2, 0) is 10.0 Å².